The largest absolute Gasteiger partial charge is 0.496 e. The number of rotatable bonds is 7. The van der Waals surface area contributed by atoms with E-state index >= 15 is 0 Å². The first-order valence-corrected chi connectivity index (χ1v) is 9.01. The summed E-state index contributed by atoms with van der Waals surface area (Å²) in [5.41, 5.74) is 2.45. The van der Waals surface area contributed by atoms with Crippen LogP contribution in [0.1, 0.15) is 27.9 Å². The Morgan fingerprint density at radius 3 is 2.79 bits per heavy atom. The molecular formula is C18H26N4OS. The average Bonchev–Trinajstić information content (AvgIpc) is 2.98. The van der Waals surface area contributed by atoms with Crippen molar-refractivity contribution < 1.29 is 4.74 Å². The van der Waals surface area contributed by atoms with Crippen LogP contribution in [0.15, 0.2) is 29.4 Å². The maximum atomic E-state index is 5.43. The Bertz CT molecular complexity index is 681. The monoisotopic (exact) mass is 346 g/mol. The van der Waals surface area contributed by atoms with Crippen LogP contribution in [0.3, 0.4) is 0 Å². The first-order chi connectivity index (χ1) is 11.6. The Kier molecular flexibility index (Phi) is 7.06. The van der Waals surface area contributed by atoms with Crippen LogP contribution < -0.4 is 15.4 Å². The summed E-state index contributed by atoms with van der Waals surface area (Å²) in [7, 11) is 1.71. The second-order valence-corrected chi connectivity index (χ2v) is 6.85. The molecule has 24 heavy (non-hydrogen) atoms. The van der Waals surface area contributed by atoms with E-state index in [9.17, 15) is 0 Å². The molecule has 0 bridgehead atoms. The third kappa shape index (κ3) is 5.53. The molecule has 0 unspecified atom stereocenters. The number of nitrogens with zero attached hydrogens (tertiary/aromatic N) is 2. The number of aryl methyl sites for hydroxylation is 2. The highest BCUT2D eigenvalue weighted by atomic mass is 32.1. The van der Waals surface area contributed by atoms with Gasteiger partial charge in [-0.3, -0.25) is 0 Å². The molecule has 0 saturated heterocycles. The van der Waals surface area contributed by atoms with Crippen LogP contribution in [0.5, 0.6) is 5.75 Å². The van der Waals surface area contributed by atoms with E-state index in [1.165, 1.54) is 16.0 Å². The predicted octanol–water partition coefficient (Wildman–Crippen LogP) is 3.07. The van der Waals surface area contributed by atoms with Crippen molar-refractivity contribution in [3.05, 3.63) is 45.4 Å². The summed E-state index contributed by atoms with van der Waals surface area (Å²) in [6, 6.07) is 6.26. The van der Waals surface area contributed by atoms with Gasteiger partial charge in [-0.1, -0.05) is 17.7 Å². The number of guanidine groups is 1. The van der Waals surface area contributed by atoms with Gasteiger partial charge >= 0.3 is 0 Å². The van der Waals surface area contributed by atoms with Gasteiger partial charge in [-0.25, -0.2) is 9.98 Å². The minimum atomic E-state index is 0.647. The molecule has 0 spiro atoms. The van der Waals surface area contributed by atoms with Crippen LogP contribution >= 0.6 is 11.3 Å². The van der Waals surface area contributed by atoms with Gasteiger partial charge in [0.05, 0.1) is 18.7 Å². The lowest BCUT2D eigenvalue weighted by atomic mass is 10.1. The van der Waals surface area contributed by atoms with Crippen molar-refractivity contribution in [3.8, 4) is 5.75 Å². The van der Waals surface area contributed by atoms with E-state index in [4.69, 9.17) is 4.74 Å². The zero-order valence-electron chi connectivity index (χ0n) is 14.8. The van der Waals surface area contributed by atoms with E-state index in [2.05, 4.69) is 46.6 Å². The van der Waals surface area contributed by atoms with Crippen LogP contribution in [-0.4, -0.2) is 31.1 Å². The zero-order chi connectivity index (χ0) is 17.4. The Morgan fingerprint density at radius 1 is 1.29 bits per heavy atom. The molecule has 0 amide bonds. The second kappa shape index (κ2) is 9.27. The fraction of sp³-hybridized carbons (Fsp3) is 0.444. The molecule has 1 heterocycles. The highest BCUT2D eigenvalue weighted by Crippen LogP contribution is 2.19. The van der Waals surface area contributed by atoms with Gasteiger partial charge in [-0.2, -0.15) is 0 Å². The van der Waals surface area contributed by atoms with E-state index < -0.39 is 0 Å². The standard InChI is InChI=1S/C18H26N4OS/c1-5-19-18(22-12-16-11-21-14(3)24-16)20-9-8-15-10-13(2)6-7-17(15)23-4/h6-7,10-11H,5,8-9,12H2,1-4H3,(H2,19,20,22). The highest BCUT2D eigenvalue weighted by molar-refractivity contribution is 7.11. The van der Waals surface area contributed by atoms with Crippen LogP contribution in [0.25, 0.3) is 0 Å². The summed E-state index contributed by atoms with van der Waals surface area (Å²) in [5.74, 6) is 1.76. The van der Waals surface area contributed by atoms with Gasteiger partial charge in [-0.05, 0) is 38.8 Å². The Morgan fingerprint density at radius 2 is 2.12 bits per heavy atom. The van der Waals surface area contributed by atoms with Gasteiger partial charge in [0.15, 0.2) is 5.96 Å². The normalized spacial score (nSPS) is 11.4. The molecule has 1 aromatic heterocycles. The van der Waals surface area contributed by atoms with Gasteiger partial charge in [0.25, 0.3) is 0 Å². The van der Waals surface area contributed by atoms with Crippen LogP contribution in [0.2, 0.25) is 0 Å². The van der Waals surface area contributed by atoms with Crippen molar-refractivity contribution in [1.29, 1.82) is 0 Å². The van der Waals surface area contributed by atoms with Gasteiger partial charge in [0.2, 0.25) is 0 Å². The minimum absolute atomic E-state index is 0.647. The second-order valence-electron chi connectivity index (χ2n) is 5.53. The van der Waals surface area contributed by atoms with Gasteiger partial charge < -0.3 is 15.4 Å². The van der Waals surface area contributed by atoms with Crippen molar-refractivity contribution >= 4 is 17.3 Å². The van der Waals surface area contributed by atoms with Crippen molar-refractivity contribution in [2.75, 3.05) is 20.2 Å². The SMILES string of the molecule is CCNC(=NCc1cnc(C)s1)NCCc1cc(C)ccc1OC. The van der Waals surface area contributed by atoms with E-state index in [-0.39, 0.29) is 0 Å². The molecule has 130 valence electrons. The Balaban J connectivity index is 1.92. The first-order valence-electron chi connectivity index (χ1n) is 8.19. The molecule has 0 aliphatic heterocycles. The van der Waals surface area contributed by atoms with Crippen molar-refractivity contribution in [3.63, 3.8) is 0 Å². The molecule has 2 N–H and O–H groups in total. The lowest BCUT2D eigenvalue weighted by molar-refractivity contribution is 0.409. The third-order valence-corrected chi connectivity index (χ3v) is 4.43. The van der Waals surface area contributed by atoms with Crippen LogP contribution in [0, 0.1) is 13.8 Å². The Hall–Kier alpha value is -2.08. The Labute approximate surface area is 148 Å². The molecule has 2 rings (SSSR count). The minimum Gasteiger partial charge on any atom is -0.496 e. The average molecular weight is 347 g/mol. The van der Waals surface area contributed by atoms with Crippen LogP contribution in [0.4, 0.5) is 0 Å². The summed E-state index contributed by atoms with van der Waals surface area (Å²) in [6.07, 6.45) is 2.78. The number of ether oxygens (including phenoxy) is 1. The third-order valence-electron chi connectivity index (χ3n) is 3.53. The van der Waals surface area contributed by atoms with E-state index in [0.29, 0.717) is 6.54 Å². The fourth-order valence-electron chi connectivity index (χ4n) is 2.40. The summed E-state index contributed by atoms with van der Waals surface area (Å²) < 4.78 is 5.43. The van der Waals surface area contributed by atoms with Crippen LogP contribution in [-0.2, 0) is 13.0 Å². The van der Waals surface area contributed by atoms with Crippen molar-refractivity contribution in [2.24, 2.45) is 4.99 Å². The molecule has 0 aliphatic carbocycles. The van der Waals surface area contributed by atoms with Crippen molar-refractivity contribution in [2.45, 2.75) is 33.7 Å². The molecule has 0 aliphatic rings. The molecule has 6 heteroatoms. The number of methoxy groups -OCH3 is 1. The van der Waals surface area contributed by atoms with Gasteiger partial charge in [-0.15, -0.1) is 11.3 Å². The molecule has 0 radical (unpaired) electrons. The van der Waals surface area contributed by atoms with E-state index in [1.807, 2.05) is 19.2 Å². The first kappa shape index (κ1) is 18.3. The molecule has 0 atom stereocenters. The molecule has 0 fully saturated rings. The summed E-state index contributed by atoms with van der Waals surface area (Å²) in [4.78, 5) is 10.1. The number of aliphatic imine (C=N–C) groups is 1. The van der Waals surface area contributed by atoms with Gasteiger partial charge in [0, 0.05) is 24.2 Å². The number of benzene rings is 1. The number of thiazole rings is 1. The quantitative estimate of drug-likeness (QED) is 0.597. The summed E-state index contributed by atoms with van der Waals surface area (Å²) >= 11 is 1.68. The summed E-state index contributed by atoms with van der Waals surface area (Å²) in [5, 5.41) is 7.74. The molecule has 0 saturated carbocycles. The lowest BCUT2D eigenvalue weighted by Gasteiger charge is -2.13. The lowest BCUT2D eigenvalue weighted by Crippen LogP contribution is -2.38. The maximum absolute atomic E-state index is 5.43. The number of hydrogen-bond acceptors (Lipinski definition) is 4. The van der Waals surface area contributed by atoms with Gasteiger partial charge in [0.1, 0.15) is 5.75 Å². The van der Waals surface area contributed by atoms with E-state index in [0.717, 1.165) is 36.2 Å². The fourth-order valence-corrected chi connectivity index (χ4v) is 3.11. The maximum Gasteiger partial charge on any atom is 0.191 e. The number of nitrogens with one attached hydrogen (secondary N) is 2. The molecule has 2 aromatic rings. The smallest absolute Gasteiger partial charge is 0.191 e. The molecule has 5 nitrogen and oxygen atoms in total. The molecule has 1 aromatic carbocycles. The molecular weight excluding hydrogens is 320 g/mol. The number of aromatic nitrogens is 1. The topological polar surface area (TPSA) is 58.5 Å². The van der Waals surface area contributed by atoms with E-state index in [1.54, 1.807) is 18.4 Å². The highest BCUT2D eigenvalue weighted by Gasteiger charge is 2.04. The van der Waals surface area contributed by atoms with Crippen molar-refractivity contribution in [1.82, 2.24) is 15.6 Å². The number of hydrogen-bond donors (Lipinski definition) is 2. The zero-order valence-corrected chi connectivity index (χ0v) is 15.7. The summed E-state index contributed by atoms with van der Waals surface area (Å²) in [6.45, 7) is 8.45. The predicted molar refractivity (Wildman–Crippen MR) is 101 cm³/mol.